The van der Waals surface area contributed by atoms with Crippen LogP contribution in [-0.2, 0) is 9.59 Å². The molecule has 0 bridgehead atoms. The number of nitrogens with zero attached hydrogens (tertiary/aromatic N) is 2. The van der Waals surface area contributed by atoms with Crippen LogP contribution in [0.1, 0.15) is 6.42 Å². The Morgan fingerprint density at radius 3 is 2.71 bits per heavy atom. The topological polar surface area (TPSA) is 61.9 Å². The number of piperazine rings is 1. The molecule has 0 aromatic heterocycles. The number of carbonyl (C=O) groups is 2. The van der Waals surface area contributed by atoms with Gasteiger partial charge in [0.25, 0.3) is 0 Å². The van der Waals surface area contributed by atoms with Crippen LogP contribution >= 0.6 is 11.8 Å². The smallest absolute Gasteiger partial charge is 0.238 e. The molecule has 0 unspecified atom stereocenters. The van der Waals surface area contributed by atoms with Crippen LogP contribution in [-0.4, -0.2) is 55.3 Å². The van der Waals surface area contributed by atoms with E-state index in [1.54, 1.807) is 7.11 Å². The lowest BCUT2D eigenvalue weighted by molar-refractivity contribution is -0.132. The molecule has 28 heavy (non-hydrogen) atoms. The highest BCUT2D eigenvalue weighted by Gasteiger charge is 2.31. The first kappa shape index (κ1) is 18.7. The quantitative estimate of drug-likeness (QED) is 0.860. The molecule has 1 saturated heterocycles. The minimum atomic E-state index is -0.376. The van der Waals surface area contributed by atoms with Crippen LogP contribution in [0.2, 0.25) is 0 Å². The number of carbonyl (C=O) groups excluding carboxylic acids is 2. The summed E-state index contributed by atoms with van der Waals surface area (Å²) < 4.78 is 5.29. The standard InChI is InChI=1S/C21H23N3O3S/c1-27-16-6-4-5-15(13-16)23-9-11-24(12-10-23)20(25)14-19-21(26)22-17-7-2-3-8-18(17)28-19/h2-8,13,19H,9-12,14H2,1H3,(H,22,26)/t19-/m0/s1. The second-order valence-electron chi connectivity index (χ2n) is 6.87. The van der Waals surface area contributed by atoms with Gasteiger partial charge in [-0.05, 0) is 24.3 Å². The van der Waals surface area contributed by atoms with E-state index in [1.165, 1.54) is 11.8 Å². The van der Waals surface area contributed by atoms with E-state index in [9.17, 15) is 9.59 Å². The number of rotatable bonds is 4. The molecule has 2 amide bonds. The van der Waals surface area contributed by atoms with Crippen LogP contribution in [0.5, 0.6) is 5.75 Å². The van der Waals surface area contributed by atoms with Crippen molar-refractivity contribution in [1.82, 2.24) is 4.90 Å². The fraction of sp³-hybridized carbons (Fsp3) is 0.333. The predicted molar refractivity (Wildman–Crippen MR) is 111 cm³/mol. The van der Waals surface area contributed by atoms with E-state index in [0.717, 1.165) is 35.1 Å². The van der Waals surface area contributed by atoms with Crippen LogP contribution in [0.3, 0.4) is 0 Å². The Kier molecular flexibility index (Phi) is 5.43. The summed E-state index contributed by atoms with van der Waals surface area (Å²) in [5, 5.41) is 2.53. The molecule has 1 fully saturated rings. The van der Waals surface area contributed by atoms with Crippen molar-refractivity contribution in [1.29, 1.82) is 0 Å². The summed E-state index contributed by atoms with van der Waals surface area (Å²) in [5.41, 5.74) is 1.93. The molecule has 2 aliphatic rings. The number of benzene rings is 2. The summed E-state index contributed by atoms with van der Waals surface area (Å²) in [7, 11) is 1.66. The van der Waals surface area contributed by atoms with Crippen LogP contribution < -0.4 is 15.0 Å². The lowest BCUT2D eigenvalue weighted by Gasteiger charge is -2.37. The van der Waals surface area contributed by atoms with Crippen molar-refractivity contribution in [3.8, 4) is 5.75 Å². The maximum Gasteiger partial charge on any atom is 0.238 e. The fourth-order valence-electron chi connectivity index (χ4n) is 3.54. The number of amides is 2. The Morgan fingerprint density at radius 1 is 1.14 bits per heavy atom. The number of ether oxygens (including phenoxy) is 1. The summed E-state index contributed by atoms with van der Waals surface area (Å²) in [6.45, 7) is 2.86. The summed E-state index contributed by atoms with van der Waals surface area (Å²) in [4.78, 5) is 30.2. The van der Waals surface area contributed by atoms with Crippen LogP contribution in [0, 0.1) is 0 Å². The third kappa shape index (κ3) is 3.94. The molecule has 0 saturated carbocycles. The number of para-hydroxylation sites is 1. The molecule has 146 valence electrons. The SMILES string of the molecule is COc1cccc(N2CCN(C(=O)C[C@@H]3Sc4ccccc4NC3=O)CC2)c1. The highest BCUT2D eigenvalue weighted by atomic mass is 32.2. The van der Waals surface area contributed by atoms with Crippen LogP contribution in [0.25, 0.3) is 0 Å². The van der Waals surface area contributed by atoms with Crippen molar-refractivity contribution in [3.63, 3.8) is 0 Å². The Balaban J connectivity index is 1.34. The van der Waals surface area contributed by atoms with Gasteiger partial charge in [-0.2, -0.15) is 0 Å². The second kappa shape index (κ2) is 8.14. The fourth-order valence-corrected chi connectivity index (χ4v) is 4.64. The maximum absolute atomic E-state index is 12.8. The molecule has 1 atom stereocenters. The summed E-state index contributed by atoms with van der Waals surface area (Å²) >= 11 is 1.48. The van der Waals surface area contributed by atoms with Gasteiger partial charge in [-0.1, -0.05) is 18.2 Å². The van der Waals surface area contributed by atoms with E-state index >= 15 is 0 Å². The molecule has 4 rings (SSSR count). The zero-order valence-corrected chi connectivity index (χ0v) is 16.6. The molecule has 2 aromatic carbocycles. The molecule has 2 aliphatic heterocycles. The molecule has 7 heteroatoms. The average molecular weight is 398 g/mol. The number of thioether (sulfide) groups is 1. The number of nitrogens with one attached hydrogen (secondary N) is 1. The summed E-state index contributed by atoms with van der Waals surface area (Å²) in [6.07, 6.45) is 0.226. The molecule has 1 N–H and O–H groups in total. The first-order chi connectivity index (χ1) is 13.6. The largest absolute Gasteiger partial charge is 0.497 e. The van der Waals surface area contributed by atoms with Crippen LogP contribution in [0.4, 0.5) is 11.4 Å². The van der Waals surface area contributed by atoms with Gasteiger partial charge in [-0.15, -0.1) is 11.8 Å². The monoisotopic (exact) mass is 397 g/mol. The number of anilines is 2. The third-order valence-electron chi connectivity index (χ3n) is 5.12. The molecule has 2 heterocycles. The normalized spacial score (nSPS) is 19.0. The van der Waals surface area contributed by atoms with Gasteiger partial charge in [0.15, 0.2) is 0 Å². The minimum Gasteiger partial charge on any atom is -0.497 e. The molecular formula is C21H23N3O3S. The van der Waals surface area contributed by atoms with Crippen molar-refractivity contribution in [3.05, 3.63) is 48.5 Å². The van der Waals surface area contributed by atoms with Crippen molar-refractivity contribution in [2.24, 2.45) is 0 Å². The number of fused-ring (bicyclic) bond motifs is 1. The second-order valence-corrected chi connectivity index (χ2v) is 8.11. The molecule has 2 aromatic rings. The Labute approximate surface area is 168 Å². The minimum absolute atomic E-state index is 0.0392. The van der Waals surface area contributed by atoms with Crippen molar-refractivity contribution >= 4 is 35.0 Å². The first-order valence-corrected chi connectivity index (χ1v) is 10.3. The van der Waals surface area contributed by atoms with E-state index in [2.05, 4.69) is 16.3 Å². The zero-order chi connectivity index (χ0) is 19.5. The third-order valence-corrected chi connectivity index (χ3v) is 6.39. The molecule has 0 spiro atoms. The van der Waals surface area contributed by atoms with E-state index in [-0.39, 0.29) is 23.5 Å². The van der Waals surface area contributed by atoms with Gasteiger partial charge >= 0.3 is 0 Å². The number of hydrogen-bond acceptors (Lipinski definition) is 5. The summed E-state index contributed by atoms with van der Waals surface area (Å²) in [5.74, 6) is 0.779. The lowest BCUT2D eigenvalue weighted by Crippen LogP contribution is -2.49. The van der Waals surface area contributed by atoms with Gasteiger partial charge in [0, 0.05) is 49.2 Å². The highest BCUT2D eigenvalue weighted by molar-refractivity contribution is 8.01. The predicted octanol–water partition coefficient (Wildman–Crippen LogP) is 2.85. The molecule has 6 nitrogen and oxygen atoms in total. The maximum atomic E-state index is 12.8. The van der Waals surface area contributed by atoms with E-state index in [1.807, 2.05) is 47.4 Å². The van der Waals surface area contributed by atoms with Gasteiger partial charge in [0.1, 0.15) is 5.75 Å². The van der Waals surface area contributed by atoms with E-state index in [0.29, 0.717) is 13.1 Å². The zero-order valence-electron chi connectivity index (χ0n) is 15.8. The van der Waals surface area contributed by atoms with Crippen molar-refractivity contribution < 1.29 is 14.3 Å². The first-order valence-electron chi connectivity index (χ1n) is 9.37. The van der Waals surface area contributed by atoms with Crippen molar-refractivity contribution in [2.75, 3.05) is 43.5 Å². The van der Waals surface area contributed by atoms with Gasteiger partial charge in [-0.3, -0.25) is 9.59 Å². The number of methoxy groups -OCH3 is 1. The van der Waals surface area contributed by atoms with Gasteiger partial charge in [-0.25, -0.2) is 0 Å². The molecule has 0 aliphatic carbocycles. The molecular weight excluding hydrogens is 374 g/mol. The van der Waals surface area contributed by atoms with Gasteiger partial charge < -0.3 is 19.9 Å². The van der Waals surface area contributed by atoms with Crippen molar-refractivity contribution in [2.45, 2.75) is 16.6 Å². The van der Waals surface area contributed by atoms with E-state index in [4.69, 9.17) is 4.74 Å². The Hall–Kier alpha value is -2.67. The average Bonchev–Trinajstić information content (AvgIpc) is 2.74. The highest BCUT2D eigenvalue weighted by Crippen LogP contribution is 2.36. The van der Waals surface area contributed by atoms with Crippen LogP contribution in [0.15, 0.2) is 53.4 Å². The Morgan fingerprint density at radius 2 is 1.93 bits per heavy atom. The molecule has 0 radical (unpaired) electrons. The number of hydrogen-bond donors (Lipinski definition) is 1. The van der Waals surface area contributed by atoms with Gasteiger partial charge in [0.05, 0.1) is 18.0 Å². The van der Waals surface area contributed by atoms with E-state index < -0.39 is 0 Å². The lowest BCUT2D eigenvalue weighted by atomic mass is 10.2. The Bertz CT molecular complexity index is 881. The van der Waals surface area contributed by atoms with Gasteiger partial charge in [0.2, 0.25) is 11.8 Å². The summed E-state index contributed by atoms with van der Waals surface area (Å²) in [6, 6.07) is 15.7.